The number of methoxy groups -OCH3 is 1. The van der Waals surface area contributed by atoms with Crippen molar-refractivity contribution in [2.45, 2.75) is 24.2 Å². The Morgan fingerprint density at radius 3 is 2.50 bits per heavy atom. The molecule has 0 bridgehead atoms. The van der Waals surface area contributed by atoms with E-state index >= 15 is 0 Å². The zero-order valence-corrected chi connectivity index (χ0v) is 12.6. The van der Waals surface area contributed by atoms with E-state index in [1.165, 1.54) is 7.11 Å². The van der Waals surface area contributed by atoms with Gasteiger partial charge in [0.15, 0.2) is 0 Å². The van der Waals surface area contributed by atoms with Crippen molar-refractivity contribution < 1.29 is 13.2 Å². The highest BCUT2D eigenvalue weighted by Gasteiger charge is 2.28. The molecule has 4 nitrogen and oxygen atoms in total. The molecule has 100 valence electrons. The fraction of sp³-hybridized carbons (Fsp3) is 0.500. The standard InChI is InChI=1S/C12H16BrNO3S/c1-17-10-6-5-7-11(12(10)13)18(15,16)14-8-3-2-4-9-14/h5-7H,2-4,8-9H2,1H3. The van der Waals surface area contributed by atoms with Crippen LogP contribution in [0.2, 0.25) is 0 Å². The lowest BCUT2D eigenvalue weighted by Crippen LogP contribution is -2.35. The van der Waals surface area contributed by atoms with Crippen molar-refractivity contribution in [3.63, 3.8) is 0 Å². The van der Waals surface area contributed by atoms with Gasteiger partial charge in [-0.25, -0.2) is 8.42 Å². The second-order valence-electron chi connectivity index (χ2n) is 4.24. The van der Waals surface area contributed by atoms with Crippen LogP contribution in [0.15, 0.2) is 27.6 Å². The van der Waals surface area contributed by atoms with Crippen LogP contribution in [0.25, 0.3) is 0 Å². The van der Waals surface area contributed by atoms with Gasteiger partial charge < -0.3 is 4.74 Å². The number of halogens is 1. The van der Waals surface area contributed by atoms with Crippen molar-refractivity contribution in [3.8, 4) is 5.75 Å². The molecular formula is C12H16BrNO3S. The van der Waals surface area contributed by atoms with Gasteiger partial charge in [-0.3, -0.25) is 0 Å². The third-order valence-corrected chi connectivity index (χ3v) is 6.10. The SMILES string of the molecule is COc1cccc(S(=O)(=O)N2CCCCC2)c1Br. The first-order valence-corrected chi connectivity index (χ1v) is 8.13. The van der Waals surface area contributed by atoms with Crippen LogP contribution in [-0.2, 0) is 10.0 Å². The minimum Gasteiger partial charge on any atom is -0.496 e. The molecule has 0 saturated carbocycles. The third kappa shape index (κ3) is 2.55. The zero-order valence-electron chi connectivity index (χ0n) is 10.2. The fourth-order valence-corrected chi connectivity index (χ4v) is 4.73. The molecule has 1 aromatic carbocycles. The largest absolute Gasteiger partial charge is 0.496 e. The maximum atomic E-state index is 12.5. The Morgan fingerprint density at radius 1 is 1.22 bits per heavy atom. The highest BCUT2D eigenvalue weighted by molar-refractivity contribution is 9.10. The molecule has 2 rings (SSSR count). The van der Waals surface area contributed by atoms with Crippen LogP contribution in [0.4, 0.5) is 0 Å². The van der Waals surface area contributed by atoms with Gasteiger partial charge in [0.05, 0.1) is 11.6 Å². The Kier molecular flexibility index (Phi) is 4.29. The number of nitrogens with zero attached hydrogens (tertiary/aromatic N) is 1. The summed E-state index contributed by atoms with van der Waals surface area (Å²) < 4.78 is 32.2. The van der Waals surface area contributed by atoms with E-state index in [1.54, 1.807) is 22.5 Å². The highest BCUT2D eigenvalue weighted by atomic mass is 79.9. The van der Waals surface area contributed by atoms with Crippen LogP contribution in [0.1, 0.15) is 19.3 Å². The van der Waals surface area contributed by atoms with Crippen molar-refractivity contribution in [2.24, 2.45) is 0 Å². The zero-order chi connectivity index (χ0) is 13.2. The van der Waals surface area contributed by atoms with E-state index in [0.29, 0.717) is 23.3 Å². The molecule has 0 aromatic heterocycles. The lowest BCUT2D eigenvalue weighted by atomic mass is 10.2. The van der Waals surface area contributed by atoms with Crippen LogP contribution >= 0.6 is 15.9 Å². The first-order chi connectivity index (χ1) is 8.57. The summed E-state index contributed by atoms with van der Waals surface area (Å²) in [6, 6.07) is 5.04. The highest BCUT2D eigenvalue weighted by Crippen LogP contribution is 2.33. The van der Waals surface area contributed by atoms with Crippen molar-refractivity contribution >= 4 is 26.0 Å². The summed E-state index contributed by atoms with van der Waals surface area (Å²) in [7, 11) is -1.89. The molecule has 1 fully saturated rings. The number of sulfonamides is 1. The first-order valence-electron chi connectivity index (χ1n) is 5.90. The molecule has 1 aliphatic rings. The fourth-order valence-electron chi connectivity index (χ4n) is 2.09. The molecule has 0 N–H and O–H groups in total. The van der Waals surface area contributed by atoms with Crippen molar-refractivity contribution in [3.05, 3.63) is 22.7 Å². The second-order valence-corrected chi connectivity index (χ2v) is 6.94. The van der Waals surface area contributed by atoms with E-state index < -0.39 is 10.0 Å². The van der Waals surface area contributed by atoms with Gasteiger partial charge in [-0.1, -0.05) is 12.5 Å². The maximum Gasteiger partial charge on any atom is 0.244 e. The normalized spacial score (nSPS) is 17.7. The molecular weight excluding hydrogens is 318 g/mol. The van der Waals surface area contributed by atoms with Crippen LogP contribution in [0.5, 0.6) is 5.75 Å². The molecule has 0 amide bonds. The Labute approximate surface area is 116 Å². The molecule has 0 unspecified atom stereocenters. The Bertz CT molecular complexity index is 524. The van der Waals surface area contributed by atoms with Gasteiger partial charge in [-0.05, 0) is 40.9 Å². The summed E-state index contributed by atoms with van der Waals surface area (Å²) >= 11 is 3.31. The van der Waals surface area contributed by atoms with Crippen LogP contribution in [-0.4, -0.2) is 32.9 Å². The molecule has 1 heterocycles. The van der Waals surface area contributed by atoms with Gasteiger partial charge in [-0.2, -0.15) is 4.31 Å². The molecule has 6 heteroatoms. The minimum absolute atomic E-state index is 0.281. The topological polar surface area (TPSA) is 46.6 Å². The van der Waals surface area contributed by atoms with E-state index in [0.717, 1.165) is 19.3 Å². The Balaban J connectivity index is 2.40. The molecule has 1 aromatic rings. The summed E-state index contributed by atoms with van der Waals surface area (Å²) in [5.74, 6) is 0.535. The van der Waals surface area contributed by atoms with E-state index in [4.69, 9.17) is 4.74 Å². The molecule has 0 atom stereocenters. The quantitative estimate of drug-likeness (QED) is 0.854. The summed E-state index contributed by atoms with van der Waals surface area (Å²) in [5.41, 5.74) is 0. The van der Waals surface area contributed by atoms with Gasteiger partial charge in [0.2, 0.25) is 10.0 Å². The number of rotatable bonds is 3. The van der Waals surface area contributed by atoms with Gasteiger partial charge in [0.25, 0.3) is 0 Å². The number of hydrogen-bond acceptors (Lipinski definition) is 3. The van der Waals surface area contributed by atoms with Gasteiger partial charge in [-0.15, -0.1) is 0 Å². The molecule has 0 spiro atoms. The number of ether oxygens (including phenoxy) is 1. The molecule has 1 aliphatic heterocycles. The minimum atomic E-state index is -3.42. The average molecular weight is 334 g/mol. The van der Waals surface area contributed by atoms with E-state index in [2.05, 4.69) is 15.9 Å². The van der Waals surface area contributed by atoms with E-state index in [-0.39, 0.29) is 4.90 Å². The van der Waals surface area contributed by atoms with Gasteiger partial charge in [0, 0.05) is 13.1 Å². The van der Waals surface area contributed by atoms with Crippen molar-refractivity contribution in [1.82, 2.24) is 4.31 Å². The van der Waals surface area contributed by atoms with Crippen LogP contribution in [0.3, 0.4) is 0 Å². The summed E-state index contributed by atoms with van der Waals surface area (Å²) in [6.07, 6.45) is 2.97. The molecule has 0 radical (unpaired) electrons. The second kappa shape index (κ2) is 5.59. The molecule has 0 aliphatic carbocycles. The Hall–Kier alpha value is -0.590. The smallest absolute Gasteiger partial charge is 0.244 e. The van der Waals surface area contributed by atoms with Gasteiger partial charge >= 0.3 is 0 Å². The van der Waals surface area contributed by atoms with Crippen molar-refractivity contribution in [2.75, 3.05) is 20.2 Å². The Morgan fingerprint density at radius 2 is 1.89 bits per heavy atom. The van der Waals surface area contributed by atoms with Crippen molar-refractivity contribution in [1.29, 1.82) is 0 Å². The van der Waals surface area contributed by atoms with E-state index in [9.17, 15) is 8.42 Å². The lowest BCUT2D eigenvalue weighted by molar-refractivity contribution is 0.346. The van der Waals surface area contributed by atoms with E-state index in [1.807, 2.05) is 0 Å². The molecule has 1 saturated heterocycles. The van der Waals surface area contributed by atoms with Crippen LogP contribution < -0.4 is 4.74 Å². The molecule has 18 heavy (non-hydrogen) atoms. The summed E-state index contributed by atoms with van der Waals surface area (Å²) in [6.45, 7) is 1.21. The predicted molar refractivity (Wildman–Crippen MR) is 73.3 cm³/mol. The summed E-state index contributed by atoms with van der Waals surface area (Å²) in [5, 5.41) is 0. The third-order valence-electron chi connectivity index (χ3n) is 3.08. The predicted octanol–water partition coefficient (Wildman–Crippen LogP) is 2.63. The number of benzene rings is 1. The summed E-state index contributed by atoms with van der Waals surface area (Å²) in [4.78, 5) is 0.281. The average Bonchev–Trinajstić information content (AvgIpc) is 2.40. The number of piperidine rings is 1. The number of hydrogen-bond donors (Lipinski definition) is 0. The van der Waals surface area contributed by atoms with Crippen LogP contribution in [0, 0.1) is 0 Å². The maximum absolute atomic E-state index is 12.5. The monoisotopic (exact) mass is 333 g/mol. The lowest BCUT2D eigenvalue weighted by Gasteiger charge is -2.26. The van der Waals surface area contributed by atoms with Gasteiger partial charge in [0.1, 0.15) is 10.6 Å². The first kappa shape index (κ1) is 13.8.